The van der Waals surface area contributed by atoms with E-state index in [1.54, 1.807) is 24.4 Å². The maximum Gasteiger partial charge on any atom is 0.213 e. The van der Waals surface area contributed by atoms with E-state index >= 15 is 0 Å². The lowest BCUT2D eigenvalue weighted by atomic mass is 10.2. The molecule has 0 aliphatic rings. The summed E-state index contributed by atoms with van der Waals surface area (Å²) in [6.07, 6.45) is 1.63. The Kier molecular flexibility index (Phi) is 4.18. The summed E-state index contributed by atoms with van der Waals surface area (Å²) < 4.78 is 18.4. The van der Waals surface area contributed by atoms with Crippen LogP contribution in [0.1, 0.15) is 12.5 Å². The first-order chi connectivity index (χ1) is 9.20. The van der Waals surface area contributed by atoms with Gasteiger partial charge in [0.15, 0.2) is 11.6 Å². The Balaban J connectivity index is 2.00. The first kappa shape index (κ1) is 13.1. The number of nitrogens with one attached hydrogen (secondary N) is 1. The summed E-state index contributed by atoms with van der Waals surface area (Å²) in [6.45, 7) is 2.77. The van der Waals surface area contributed by atoms with Crippen LogP contribution in [0, 0.1) is 5.82 Å². The first-order valence-electron chi connectivity index (χ1n) is 5.99. The first-order valence-corrected chi connectivity index (χ1v) is 5.99. The predicted octanol–water partition coefficient (Wildman–Crippen LogP) is 2.94. The van der Waals surface area contributed by atoms with E-state index in [1.165, 1.54) is 6.07 Å². The van der Waals surface area contributed by atoms with Gasteiger partial charge in [-0.25, -0.2) is 9.37 Å². The van der Waals surface area contributed by atoms with E-state index in [9.17, 15) is 9.50 Å². The number of aromatic hydroxyl groups is 1. The molecular formula is C14H15FN2O2. The van der Waals surface area contributed by atoms with Crippen LogP contribution in [-0.4, -0.2) is 16.7 Å². The second-order valence-corrected chi connectivity index (χ2v) is 3.92. The fraction of sp³-hybridized carbons (Fsp3) is 0.214. The summed E-state index contributed by atoms with van der Waals surface area (Å²) in [7, 11) is 0. The molecule has 0 unspecified atom stereocenters. The lowest BCUT2D eigenvalue weighted by Gasteiger charge is -2.09. The molecule has 0 spiro atoms. The van der Waals surface area contributed by atoms with Crippen molar-refractivity contribution in [3.63, 3.8) is 0 Å². The van der Waals surface area contributed by atoms with Crippen molar-refractivity contribution in [3.05, 3.63) is 47.9 Å². The molecule has 1 aromatic carbocycles. The molecule has 2 aromatic rings. The van der Waals surface area contributed by atoms with Crippen LogP contribution in [-0.2, 0) is 6.54 Å². The van der Waals surface area contributed by atoms with E-state index in [-0.39, 0.29) is 5.75 Å². The Morgan fingerprint density at radius 1 is 1.32 bits per heavy atom. The summed E-state index contributed by atoms with van der Waals surface area (Å²) in [5.41, 5.74) is 1.26. The quantitative estimate of drug-likeness (QED) is 0.870. The van der Waals surface area contributed by atoms with Crippen molar-refractivity contribution in [2.75, 3.05) is 11.9 Å². The van der Waals surface area contributed by atoms with E-state index in [4.69, 9.17) is 4.74 Å². The van der Waals surface area contributed by atoms with Gasteiger partial charge in [0.1, 0.15) is 0 Å². The Labute approximate surface area is 110 Å². The summed E-state index contributed by atoms with van der Waals surface area (Å²) in [6, 6.07) is 8.00. The summed E-state index contributed by atoms with van der Waals surface area (Å²) >= 11 is 0. The van der Waals surface area contributed by atoms with Gasteiger partial charge in [-0.2, -0.15) is 0 Å². The van der Waals surface area contributed by atoms with Gasteiger partial charge < -0.3 is 15.2 Å². The van der Waals surface area contributed by atoms with Crippen LogP contribution < -0.4 is 10.1 Å². The van der Waals surface area contributed by atoms with Gasteiger partial charge in [0, 0.05) is 18.2 Å². The molecule has 0 atom stereocenters. The average Bonchev–Trinajstić information content (AvgIpc) is 2.42. The zero-order valence-corrected chi connectivity index (χ0v) is 10.6. The van der Waals surface area contributed by atoms with Gasteiger partial charge in [-0.1, -0.05) is 12.1 Å². The van der Waals surface area contributed by atoms with Gasteiger partial charge >= 0.3 is 0 Å². The van der Waals surface area contributed by atoms with Gasteiger partial charge in [-0.15, -0.1) is 0 Å². The van der Waals surface area contributed by atoms with Crippen molar-refractivity contribution in [1.82, 2.24) is 4.98 Å². The Hall–Kier alpha value is -2.30. The number of benzene rings is 1. The van der Waals surface area contributed by atoms with Crippen molar-refractivity contribution in [2.45, 2.75) is 13.5 Å². The number of aromatic nitrogens is 1. The Morgan fingerprint density at radius 3 is 2.84 bits per heavy atom. The molecule has 0 aliphatic heterocycles. The molecule has 4 nitrogen and oxygen atoms in total. The van der Waals surface area contributed by atoms with Crippen molar-refractivity contribution in [2.24, 2.45) is 0 Å². The lowest BCUT2D eigenvalue weighted by molar-refractivity contribution is 0.327. The van der Waals surface area contributed by atoms with Crippen molar-refractivity contribution < 1.29 is 14.2 Å². The van der Waals surface area contributed by atoms with E-state index in [2.05, 4.69) is 10.3 Å². The van der Waals surface area contributed by atoms with Crippen LogP contribution in [0.4, 0.5) is 10.1 Å². The van der Waals surface area contributed by atoms with E-state index in [0.717, 1.165) is 5.69 Å². The van der Waals surface area contributed by atoms with Crippen molar-refractivity contribution in [3.8, 4) is 11.6 Å². The molecule has 0 radical (unpaired) electrons. The third-order valence-corrected chi connectivity index (χ3v) is 2.58. The number of hydrogen-bond donors (Lipinski definition) is 2. The smallest absolute Gasteiger partial charge is 0.213 e. The predicted molar refractivity (Wildman–Crippen MR) is 70.8 cm³/mol. The number of halogens is 1. The minimum atomic E-state index is -0.621. The number of pyridine rings is 1. The second-order valence-electron chi connectivity index (χ2n) is 3.92. The fourth-order valence-corrected chi connectivity index (χ4v) is 1.62. The fourth-order valence-electron chi connectivity index (χ4n) is 1.62. The number of para-hydroxylation sites is 1. The zero-order chi connectivity index (χ0) is 13.7. The van der Waals surface area contributed by atoms with Gasteiger partial charge in [0.25, 0.3) is 0 Å². The molecule has 0 bridgehead atoms. The van der Waals surface area contributed by atoms with Gasteiger partial charge in [0.05, 0.1) is 18.5 Å². The third kappa shape index (κ3) is 3.34. The molecule has 1 aromatic heterocycles. The number of anilines is 1. The highest BCUT2D eigenvalue weighted by molar-refractivity contribution is 5.44. The molecule has 19 heavy (non-hydrogen) atoms. The molecule has 0 aliphatic carbocycles. The monoisotopic (exact) mass is 262 g/mol. The van der Waals surface area contributed by atoms with Crippen LogP contribution in [0.25, 0.3) is 0 Å². The number of phenolic OH excluding ortho intramolecular Hbond substituents is 1. The topological polar surface area (TPSA) is 54.4 Å². The van der Waals surface area contributed by atoms with Crippen LogP contribution >= 0.6 is 0 Å². The molecule has 1 heterocycles. The van der Waals surface area contributed by atoms with Crippen LogP contribution in [0.5, 0.6) is 11.6 Å². The molecule has 0 saturated carbocycles. The SMILES string of the molecule is CCOc1ccc(NCc2cccc(F)c2O)cn1. The second kappa shape index (κ2) is 6.04. The summed E-state index contributed by atoms with van der Waals surface area (Å²) in [4.78, 5) is 4.10. The molecule has 0 saturated heterocycles. The Bertz CT molecular complexity index is 544. The Morgan fingerprint density at radius 2 is 2.16 bits per heavy atom. The average molecular weight is 262 g/mol. The maximum absolute atomic E-state index is 13.1. The van der Waals surface area contributed by atoms with Gasteiger partial charge in [0.2, 0.25) is 5.88 Å². The highest BCUT2D eigenvalue weighted by Crippen LogP contribution is 2.22. The highest BCUT2D eigenvalue weighted by atomic mass is 19.1. The third-order valence-electron chi connectivity index (χ3n) is 2.58. The van der Waals surface area contributed by atoms with Gasteiger partial charge in [-0.3, -0.25) is 0 Å². The van der Waals surface area contributed by atoms with Crippen LogP contribution in [0.3, 0.4) is 0 Å². The highest BCUT2D eigenvalue weighted by Gasteiger charge is 2.06. The molecule has 2 N–H and O–H groups in total. The van der Waals surface area contributed by atoms with E-state index in [1.807, 2.05) is 13.0 Å². The normalized spacial score (nSPS) is 10.2. The van der Waals surface area contributed by atoms with E-state index < -0.39 is 5.82 Å². The number of phenols is 1. The standard InChI is InChI=1S/C14H15FN2O2/c1-2-19-13-7-6-11(9-17-13)16-8-10-4-3-5-12(15)14(10)18/h3-7,9,16,18H,2,8H2,1H3. The minimum Gasteiger partial charge on any atom is -0.505 e. The minimum absolute atomic E-state index is 0.319. The number of hydrogen-bond acceptors (Lipinski definition) is 4. The van der Waals surface area contributed by atoms with E-state index in [0.29, 0.717) is 24.6 Å². The summed E-state index contributed by atoms with van der Waals surface area (Å²) in [5, 5.41) is 12.6. The van der Waals surface area contributed by atoms with Crippen molar-refractivity contribution in [1.29, 1.82) is 0 Å². The molecule has 0 amide bonds. The molecular weight excluding hydrogens is 247 g/mol. The zero-order valence-electron chi connectivity index (χ0n) is 10.6. The molecule has 5 heteroatoms. The molecule has 0 fully saturated rings. The van der Waals surface area contributed by atoms with Crippen molar-refractivity contribution >= 4 is 5.69 Å². The molecule has 100 valence electrons. The number of ether oxygens (including phenoxy) is 1. The molecule has 2 rings (SSSR count). The number of rotatable bonds is 5. The summed E-state index contributed by atoms with van der Waals surface area (Å²) in [5.74, 6) is -0.389. The lowest BCUT2D eigenvalue weighted by Crippen LogP contribution is -2.01. The van der Waals surface area contributed by atoms with Gasteiger partial charge in [-0.05, 0) is 19.1 Å². The maximum atomic E-state index is 13.1. The van der Waals surface area contributed by atoms with Crippen LogP contribution in [0.2, 0.25) is 0 Å². The van der Waals surface area contributed by atoms with Crippen LogP contribution in [0.15, 0.2) is 36.5 Å². The largest absolute Gasteiger partial charge is 0.505 e. The number of nitrogens with zero attached hydrogens (tertiary/aromatic N) is 1.